The van der Waals surface area contributed by atoms with Gasteiger partial charge in [0.2, 0.25) is 0 Å². The lowest BCUT2D eigenvalue weighted by atomic mass is 9.98. The van der Waals surface area contributed by atoms with Crippen molar-refractivity contribution in [2.75, 3.05) is 34.0 Å². The van der Waals surface area contributed by atoms with Crippen LogP contribution in [-0.2, 0) is 20.8 Å². The van der Waals surface area contributed by atoms with Crippen LogP contribution >= 0.6 is 0 Å². The Morgan fingerprint density at radius 1 is 0.800 bits per heavy atom. The van der Waals surface area contributed by atoms with Gasteiger partial charge >= 0.3 is 11.9 Å². The molecule has 1 atom stereocenters. The first-order valence-corrected chi connectivity index (χ1v) is 13.5. The van der Waals surface area contributed by atoms with Gasteiger partial charge in [-0.15, -0.1) is 0 Å². The Morgan fingerprint density at radius 3 is 2.17 bits per heavy atom. The number of hydrogen-bond acceptors (Lipinski definition) is 8. The first-order chi connectivity index (χ1) is 19.4. The number of benzene rings is 3. The summed E-state index contributed by atoms with van der Waals surface area (Å²) in [6.45, 7) is 6.84. The fourth-order valence-electron chi connectivity index (χ4n) is 4.19. The van der Waals surface area contributed by atoms with Gasteiger partial charge in [-0.1, -0.05) is 38.1 Å². The van der Waals surface area contributed by atoms with Crippen LogP contribution in [0.1, 0.15) is 61.1 Å². The minimum Gasteiger partial charge on any atom is -0.497 e. The van der Waals surface area contributed by atoms with E-state index in [1.54, 1.807) is 32.4 Å². The molecule has 3 aromatic rings. The Bertz CT molecular complexity index is 1250. The maximum Gasteiger partial charge on any atom is 0.338 e. The molecule has 0 amide bonds. The molecule has 3 aromatic carbocycles. The zero-order valence-electron chi connectivity index (χ0n) is 24.0. The third-order valence-electron chi connectivity index (χ3n) is 6.32. The van der Waals surface area contributed by atoms with E-state index in [2.05, 4.69) is 0 Å². The molecule has 214 valence electrons. The van der Waals surface area contributed by atoms with Crippen LogP contribution in [0.3, 0.4) is 0 Å². The van der Waals surface area contributed by atoms with E-state index in [0.717, 1.165) is 12.0 Å². The minimum atomic E-state index is -0.425. The number of esters is 2. The zero-order chi connectivity index (χ0) is 28.9. The Morgan fingerprint density at radius 2 is 1.50 bits per heavy atom. The van der Waals surface area contributed by atoms with Crippen molar-refractivity contribution < 1.29 is 33.3 Å². The molecule has 0 fully saturated rings. The summed E-state index contributed by atoms with van der Waals surface area (Å²) >= 11 is 0. The van der Waals surface area contributed by atoms with Crippen molar-refractivity contribution in [2.45, 2.75) is 46.2 Å². The molecule has 8 nitrogen and oxygen atoms in total. The van der Waals surface area contributed by atoms with E-state index in [0.29, 0.717) is 60.3 Å². The number of carbonyl (C=O) groups excluding carboxylic acids is 2. The summed E-state index contributed by atoms with van der Waals surface area (Å²) < 4.78 is 28.0. The molecule has 0 aliphatic carbocycles. The Balaban J connectivity index is 2.03. The highest BCUT2D eigenvalue weighted by Gasteiger charge is 2.26. The van der Waals surface area contributed by atoms with Gasteiger partial charge in [-0.05, 0) is 61.7 Å². The normalized spacial score (nSPS) is 11.6. The molecule has 0 N–H and O–H groups in total. The minimum absolute atomic E-state index is 0.00354. The first kappa shape index (κ1) is 30.5. The van der Waals surface area contributed by atoms with Crippen LogP contribution in [0.2, 0.25) is 0 Å². The standard InChI is InChI=1S/C32H39NO7/c1-6-17-38-31(34)22-33(21-24-13-14-26(36-4)20-30(24)37-5)23(3)29-19-27(40-25-11-9-8-10-12-25)15-16-28(29)32(35)39-18-7-2/h8-16,19-20,23H,6-7,17-18,21-22H2,1-5H3. The van der Waals surface area contributed by atoms with Crippen molar-refractivity contribution in [3.05, 3.63) is 83.4 Å². The van der Waals surface area contributed by atoms with Crippen LogP contribution in [0.5, 0.6) is 23.0 Å². The molecule has 0 saturated carbocycles. The third-order valence-corrected chi connectivity index (χ3v) is 6.32. The largest absolute Gasteiger partial charge is 0.497 e. The molecule has 0 aromatic heterocycles. The molecule has 0 radical (unpaired) electrons. The van der Waals surface area contributed by atoms with E-state index in [-0.39, 0.29) is 12.5 Å². The van der Waals surface area contributed by atoms with Gasteiger partial charge < -0.3 is 23.7 Å². The summed E-state index contributed by atoms with van der Waals surface area (Å²) in [6, 6.07) is 19.9. The van der Waals surface area contributed by atoms with E-state index in [9.17, 15) is 9.59 Å². The molecular weight excluding hydrogens is 510 g/mol. The van der Waals surface area contributed by atoms with E-state index < -0.39 is 12.0 Å². The quantitative estimate of drug-likeness (QED) is 0.197. The molecule has 8 heteroatoms. The van der Waals surface area contributed by atoms with Gasteiger partial charge in [0.25, 0.3) is 0 Å². The fourth-order valence-corrected chi connectivity index (χ4v) is 4.19. The number of nitrogens with zero attached hydrogens (tertiary/aromatic N) is 1. The summed E-state index contributed by atoms with van der Waals surface area (Å²) in [5.41, 5.74) is 1.94. The second-order valence-corrected chi connectivity index (χ2v) is 9.28. The molecule has 0 spiro atoms. The SMILES string of the molecule is CCCOC(=O)CN(Cc1ccc(OC)cc1OC)C(C)c1cc(Oc2ccccc2)ccc1C(=O)OCCC. The number of ether oxygens (including phenoxy) is 5. The van der Waals surface area contributed by atoms with Crippen molar-refractivity contribution in [1.29, 1.82) is 0 Å². The molecule has 1 unspecified atom stereocenters. The highest BCUT2D eigenvalue weighted by atomic mass is 16.5. The molecule has 40 heavy (non-hydrogen) atoms. The van der Waals surface area contributed by atoms with Gasteiger partial charge in [-0.25, -0.2) is 4.79 Å². The van der Waals surface area contributed by atoms with Crippen molar-refractivity contribution in [2.24, 2.45) is 0 Å². The average Bonchev–Trinajstić information content (AvgIpc) is 2.98. The Hall–Kier alpha value is -4.04. The van der Waals surface area contributed by atoms with Crippen molar-refractivity contribution in [3.63, 3.8) is 0 Å². The molecule has 0 bridgehead atoms. The Kier molecular flexibility index (Phi) is 11.8. The second-order valence-electron chi connectivity index (χ2n) is 9.28. The maximum absolute atomic E-state index is 13.1. The molecular formula is C32H39NO7. The lowest BCUT2D eigenvalue weighted by Crippen LogP contribution is -2.34. The molecule has 0 aliphatic heterocycles. The maximum atomic E-state index is 13.1. The lowest BCUT2D eigenvalue weighted by molar-refractivity contribution is -0.145. The first-order valence-electron chi connectivity index (χ1n) is 13.5. The highest BCUT2D eigenvalue weighted by Crippen LogP contribution is 2.33. The van der Waals surface area contributed by atoms with Crippen LogP contribution in [0, 0.1) is 0 Å². The summed E-state index contributed by atoms with van der Waals surface area (Å²) in [7, 11) is 3.18. The predicted molar refractivity (Wildman–Crippen MR) is 153 cm³/mol. The summed E-state index contributed by atoms with van der Waals surface area (Å²) in [6.07, 6.45) is 1.43. The van der Waals surface area contributed by atoms with Gasteiger partial charge in [-0.2, -0.15) is 0 Å². The van der Waals surface area contributed by atoms with E-state index >= 15 is 0 Å². The number of hydrogen-bond donors (Lipinski definition) is 0. The number of rotatable bonds is 15. The van der Waals surface area contributed by atoms with Crippen molar-refractivity contribution in [1.82, 2.24) is 4.90 Å². The Labute approximate surface area is 236 Å². The van der Waals surface area contributed by atoms with Crippen LogP contribution in [0.4, 0.5) is 0 Å². The zero-order valence-corrected chi connectivity index (χ0v) is 24.0. The van der Waals surface area contributed by atoms with Gasteiger partial charge in [-0.3, -0.25) is 9.69 Å². The van der Waals surface area contributed by atoms with Crippen LogP contribution < -0.4 is 14.2 Å². The van der Waals surface area contributed by atoms with Crippen LogP contribution in [0.25, 0.3) is 0 Å². The number of para-hydroxylation sites is 1. The van der Waals surface area contributed by atoms with E-state index in [1.165, 1.54) is 0 Å². The summed E-state index contributed by atoms with van der Waals surface area (Å²) in [5, 5.41) is 0. The second kappa shape index (κ2) is 15.5. The van der Waals surface area contributed by atoms with Gasteiger partial charge in [0.15, 0.2) is 0 Å². The lowest BCUT2D eigenvalue weighted by Gasteiger charge is -2.30. The van der Waals surface area contributed by atoms with Crippen LogP contribution in [0.15, 0.2) is 66.7 Å². The molecule has 0 aliphatic rings. The summed E-state index contributed by atoms with van der Waals surface area (Å²) in [5.74, 6) is 1.75. The van der Waals surface area contributed by atoms with Crippen LogP contribution in [-0.4, -0.2) is 50.8 Å². The van der Waals surface area contributed by atoms with E-state index in [4.69, 9.17) is 23.7 Å². The average molecular weight is 550 g/mol. The van der Waals surface area contributed by atoms with Crippen molar-refractivity contribution >= 4 is 11.9 Å². The highest BCUT2D eigenvalue weighted by molar-refractivity contribution is 5.91. The summed E-state index contributed by atoms with van der Waals surface area (Å²) in [4.78, 5) is 27.9. The topological polar surface area (TPSA) is 83.5 Å². The molecule has 0 saturated heterocycles. The number of carbonyl (C=O) groups is 2. The van der Waals surface area contributed by atoms with Gasteiger partial charge in [0.1, 0.15) is 23.0 Å². The fraction of sp³-hybridized carbons (Fsp3) is 0.375. The molecule has 3 rings (SSSR count). The van der Waals surface area contributed by atoms with E-state index in [1.807, 2.05) is 74.2 Å². The van der Waals surface area contributed by atoms with Gasteiger partial charge in [0.05, 0.1) is 39.5 Å². The monoisotopic (exact) mass is 549 g/mol. The smallest absolute Gasteiger partial charge is 0.338 e. The third kappa shape index (κ3) is 8.48. The van der Waals surface area contributed by atoms with Crippen molar-refractivity contribution in [3.8, 4) is 23.0 Å². The number of methoxy groups -OCH3 is 2. The van der Waals surface area contributed by atoms with Gasteiger partial charge in [0, 0.05) is 24.2 Å². The molecule has 0 heterocycles. The predicted octanol–water partition coefficient (Wildman–Crippen LogP) is 6.58.